The summed E-state index contributed by atoms with van der Waals surface area (Å²) in [6.07, 6.45) is 0. The molecule has 0 saturated heterocycles. The van der Waals surface area contributed by atoms with E-state index in [2.05, 4.69) is 4.99 Å². The van der Waals surface area contributed by atoms with Crippen molar-refractivity contribution >= 4 is 23.5 Å². The molecule has 0 aliphatic carbocycles. The van der Waals surface area contributed by atoms with Gasteiger partial charge in [0.2, 0.25) is 5.90 Å². The highest BCUT2D eigenvalue weighted by atomic mass is 16.5. The van der Waals surface area contributed by atoms with Gasteiger partial charge in [-0.1, -0.05) is 18.2 Å². The topological polar surface area (TPSA) is 79.6 Å². The van der Waals surface area contributed by atoms with Gasteiger partial charge >= 0.3 is 5.97 Å². The summed E-state index contributed by atoms with van der Waals surface area (Å²) in [5.41, 5.74) is 0.604. The molecule has 5 heteroatoms. The predicted molar refractivity (Wildman–Crippen MR) is 61.0 cm³/mol. The molecule has 1 aromatic carbocycles. The van der Waals surface area contributed by atoms with E-state index in [4.69, 9.17) is 10.1 Å². The average Bonchev–Trinajstić information content (AvgIpc) is 2.28. The van der Waals surface area contributed by atoms with Gasteiger partial charge < -0.3 is 4.74 Å². The number of aliphatic imine (C=N–C) groups is 1. The van der Waals surface area contributed by atoms with E-state index in [1.165, 1.54) is 6.92 Å². The van der Waals surface area contributed by atoms with E-state index in [0.717, 1.165) is 0 Å². The molecule has 86 valence electrons. The SMILES string of the molecule is CC(=O)C1C(=N)N=C(c2ccccc2)OC1=O. The molecular weight excluding hydrogens is 220 g/mol. The number of amidine groups is 1. The number of benzene rings is 1. The molecule has 0 radical (unpaired) electrons. The van der Waals surface area contributed by atoms with E-state index >= 15 is 0 Å². The summed E-state index contributed by atoms with van der Waals surface area (Å²) < 4.78 is 4.97. The number of ketones is 1. The first-order chi connectivity index (χ1) is 8.09. The van der Waals surface area contributed by atoms with Gasteiger partial charge in [0, 0.05) is 5.56 Å². The van der Waals surface area contributed by atoms with Crippen LogP contribution in [0.3, 0.4) is 0 Å². The molecule has 2 rings (SSSR count). The summed E-state index contributed by atoms with van der Waals surface area (Å²) in [5.74, 6) is -2.57. The van der Waals surface area contributed by atoms with Gasteiger partial charge in [-0.25, -0.2) is 0 Å². The zero-order chi connectivity index (χ0) is 12.4. The highest BCUT2D eigenvalue weighted by molar-refractivity contribution is 6.25. The molecule has 0 saturated carbocycles. The van der Waals surface area contributed by atoms with Crippen molar-refractivity contribution < 1.29 is 14.3 Å². The van der Waals surface area contributed by atoms with Gasteiger partial charge in [0.25, 0.3) is 0 Å². The van der Waals surface area contributed by atoms with Gasteiger partial charge in [-0.2, -0.15) is 4.99 Å². The van der Waals surface area contributed by atoms with Crippen LogP contribution in [-0.4, -0.2) is 23.5 Å². The number of rotatable bonds is 2. The summed E-state index contributed by atoms with van der Waals surface area (Å²) in [6, 6.07) is 8.79. The fourth-order valence-electron chi connectivity index (χ4n) is 1.53. The molecular formula is C12H10N2O3. The van der Waals surface area contributed by atoms with Crippen molar-refractivity contribution in [1.82, 2.24) is 0 Å². The molecule has 0 fully saturated rings. The number of carbonyl (C=O) groups is 2. The van der Waals surface area contributed by atoms with E-state index in [0.29, 0.717) is 5.56 Å². The number of hydrogen-bond donors (Lipinski definition) is 1. The molecule has 1 heterocycles. The highest BCUT2D eigenvalue weighted by Crippen LogP contribution is 2.15. The van der Waals surface area contributed by atoms with Crippen LogP contribution in [0.4, 0.5) is 0 Å². The molecule has 1 N–H and O–H groups in total. The maximum Gasteiger partial charge on any atom is 0.331 e. The van der Waals surface area contributed by atoms with Crippen molar-refractivity contribution in [1.29, 1.82) is 5.41 Å². The van der Waals surface area contributed by atoms with Crippen molar-refractivity contribution in [2.75, 3.05) is 0 Å². The minimum absolute atomic E-state index is 0.0677. The number of esters is 1. The molecule has 1 aromatic rings. The molecule has 1 aliphatic heterocycles. The van der Waals surface area contributed by atoms with Crippen LogP contribution in [0.1, 0.15) is 12.5 Å². The van der Waals surface area contributed by atoms with Crippen molar-refractivity contribution in [3.05, 3.63) is 35.9 Å². The Hall–Kier alpha value is -2.30. The van der Waals surface area contributed by atoms with Gasteiger partial charge in [0.1, 0.15) is 5.84 Å². The van der Waals surface area contributed by atoms with E-state index in [1.807, 2.05) is 6.07 Å². The third kappa shape index (κ3) is 2.13. The van der Waals surface area contributed by atoms with Gasteiger partial charge in [-0.3, -0.25) is 15.0 Å². The van der Waals surface area contributed by atoms with Crippen LogP contribution >= 0.6 is 0 Å². The van der Waals surface area contributed by atoms with Crippen LogP contribution in [-0.2, 0) is 14.3 Å². The van der Waals surface area contributed by atoms with Crippen LogP contribution in [0.25, 0.3) is 0 Å². The lowest BCUT2D eigenvalue weighted by molar-refractivity contribution is -0.141. The first kappa shape index (κ1) is 11.2. The predicted octanol–water partition coefficient (Wildman–Crippen LogP) is 1.17. The Bertz CT molecular complexity index is 520. The number of nitrogens with one attached hydrogen (secondary N) is 1. The quantitative estimate of drug-likeness (QED) is 0.611. The van der Waals surface area contributed by atoms with Crippen LogP contribution in [0.2, 0.25) is 0 Å². The van der Waals surface area contributed by atoms with Gasteiger partial charge in [0.05, 0.1) is 0 Å². The van der Waals surface area contributed by atoms with Crippen molar-refractivity contribution in [3.8, 4) is 0 Å². The second kappa shape index (κ2) is 4.29. The van der Waals surface area contributed by atoms with E-state index in [9.17, 15) is 9.59 Å². The number of Topliss-reactive ketones (excluding diaryl/α,β-unsaturated/α-hetero) is 1. The van der Waals surface area contributed by atoms with Gasteiger partial charge in [-0.15, -0.1) is 0 Å². The molecule has 0 amide bonds. The lowest BCUT2D eigenvalue weighted by Gasteiger charge is -2.18. The van der Waals surface area contributed by atoms with E-state index < -0.39 is 17.7 Å². The monoisotopic (exact) mass is 230 g/mol. The number of ether oxygens (including phenoxy) is 1. The lowest BCUT2D eigenvalue weighted by Crippen LogP contribution is -2.37. The standard InChI is InChI=1S/C12H10N2O3/c1-7(15)9-10(13)14-11(17-12(9)16)8-5-3-2-4-6-8/h2-6,9,13H,1H3. The highest BCUT2D eigenvalue weighted by Gasteiger charge is 2.35. The zero-order valence-electron chi connectivity index (χ0n) is 9.14. The molecule has 0 bridgehead atoms. The summed E-state index contributed by atoms with van der Waals surface area (Å²) in [5, 5.41) is 7.58. The van der Waals surface area contributed by atoms with Crippen LogP contribution in [0.5, 0.6) is 0 Å². The number of nitrogens with zero attached hydrogens (tertiary/aromatic N) is 1. The van der Waals surface area contributed by atoms with Crippen LogP contribution in [0.15, 0.2) is 35.3 Å². The van der Waals surface area contributed by atoms with Gasteiger partial charge in [-0.05, 0) is 19.1 Å². The summed E-state index contributed by atoms with van der Waals surface area (Å²) in [6.45, 7) is 1.24. The third-order valence-electron chi connectivity index (χ3n) is 2.36. The number of hydrogen-bond acceptors (Lipinski definition) is 4. The smallest absolute Gasteiger partial charge is 0.331 e. The second-order valence-electron chi connectivity index (χ2n) is 3.63. The number of cyclic esters (lactones) is 1. The first-order valence-corrected chi connectivity index (χ1v) is 5.04. The lowest BCUT2D eigenvalue weighted by atomic mass is 10.0. The second-order valence-corrected chi connectivity index (χ2v) is 3.63. The summed E-state index contributed by atoms with van der Waals surface area (Å²) >= 11 is 0. The maximum absolute atomic E-state index is 11.6. The van der Waals surface area contributed by atoms with Crippen molar-refractivity contribution in [3.63, 3.8) is 0 Å². The molecule has 1 aliphatic rings. The Balaban J connectivity index is 2.36. The summed E-state index contributed by atoms with van der Waals surface area (Å²) in [4.78, 5) is 26.6. The molecule has 17 heavy (non-hydrogen) atoms. The van der Waals surface area contributed by atoms with Crippen LogP contribution in [0, 0.1) is 11.3 Å². The Labute approximate surface area is 97.6 Å². The maximum atomic E-state index is 11.6. The van der Waals surface area contributed by atoms with E-state index in [1.54, 1.807) is 24.3 Å². The molecule has 0 aromatic heterocycles. The number of carbonyl (C=O) groups excluding carboxylic acids is 2. The van der Waals surface area contributed by atoms with Crippen molar-refractivity contribution in [2.24, 2.45) is 10.9 Å². The Morgan fingerprint density at radius 2 is 2.00 bits per heavy atom. The molecule has 1 unspecified atom stereocenters. The van der Waals surface area contributed by atoms with Crippen molar-refractivity contribution in [2.45, 2.75) is 6.92 Å². The molecule has 1 atom stereocenters. The average molecular weight is 230 g/mol. The van der Waals surface area contributed by atoms with Crippen LogP contribution < -0.4 is 0 Å². The third-order valence-corrected chi connectivity index (χ3v) is 2.36. The Kier molecular flexibility index (Phi) is 2.82. The first-order valence-electron chi connectivity index (χ1n) is 5.04. The zero-order valence-corrected chi connectivity index (χ0v) is 9.14. The van der Waals surface area contributed by atoms with E-state index in [-0.39, 0.29) is 11.7 Å². The molecule has 0 spiro atoms. The normalized spacial score (nSPS) is 19.6. The van der Waals surface area contributed by atoms with Gasteiger partial charge in [0.15, 0.2) is 11.7 Å². The Morgan fingerprint density at radius 1 is 1.35 bits per heavy atom. The largest absolute Gasteiger partial charge is 0.406 e. The minimum atomic E-state index is -1.19. The Morgan fingerprint density at radius 3 is 2.53 bits per heavy atom. The minimum Gasteiger partial charge on any atom is -0.406 e. The summed E-state index contributed by atoms with van der Waals surface area (Å²) in [7, 11) is 0. The fourth-order valence-corrected chi connectivity index (χ4v) is 1.53. The molecule has 5 nitrogen and oxygen atoms in total. The fraction of sp³-hybridized carbons (Fsp3) is 0.167.